The summed E-state index contributed by atoms with van der Waals surface area (Å²) in [5, 5.41) is 2.79. The molecule has 2 N–H and O–H groups in total. The summed E-state index contributed by atoms with van der Waals surface area (Å²) < 4.78 is 48.9. The van der Waals surface area contributed by atoms with Crippen LogP contribution in [0.4, 0.5) is 29.3 Å². The first-order valence-corrected chi connectivity index (χ1v) is 20.8. The molecule has 0 bridgehead atoms. The molecule has 17 heteroatoms. The number of nitrogens with one attached hydrogen (secondary N) is 2. The minimum absolute atomic E-state index is 0.0177. The summed E-state index contributed by atoms with van der Waals surface area (Å²) in [6.45, 7) is 5.34. The normalized spacial score (nSPS) is 18.1. The number of anilines is 2. The number of imide groups is 1. The first kappa shape index (κ1) is 41.8. The summed E-state index contributed by atoms with van der Waals surface area (Å²) in [5.41, 5.74) is 1.73. The Morgan fingerprint density at radius 3 is 2.21 bits per heavy atom. The molecule has 3 aromatic carbocycles. The Kier molecular flexibility index (Phi) is 11.6. The van der Waals surface area contributed by atoms with Crippen LogP contribution in [0.1, 0.15) is 59.0 Å². The number of likely N-dealkylation sites (tertiary alicyclic amines) is 1. The average molecular weight is 859 g/mol. The number of amides is 6. The van der Waals surface area contributed by atoms with Gasteiger partial charge in [0.1, 0.15) is 5.69 Å². The Morgan fingerprint density at radius 1 is 0.787 bits per heavy atom. The van der Waals surface area contributed by atoms with Gasteiger partial charge >= 0.3 is 6.03 Å². The largest absolute Gasteiger partial charge is 0.367 e. The highest BCUT2D eigenvalue weighted by atomic mass is 35.5. The van der Waals surface area contributed by atoms with Gasteiger partial charge in [-0.3, -0.25) is 34.3 Å². The molecule has 6 amide bonds. The van der Waals surface area contributed by atoms with Crippen LogP contribution in [0, 0.1) is 17.5 Å². The van der Waals surface area contributed by atoms with Gasteiger partial charge in [-0.15, -0.1) is 0 Å². The van der Waals surface area contributed by atoms with E-state index in [-0.39, 0.29) is 82.2 Å². The lowest BCUT2D eigenvalue weighted by atomic mass is 9.92. The number of benzene rings is 3. The van der Waals surface area contributed by atoms with Gasteiger partial charge in [0.05, 0.1) is 21.9 Å². The quantitative estimate of drug-likeness (QED) is 0.229. The van der Waals surface area contributed by atoms with Crippen LogP contribution < -0.4 is 15.1 Å². The molecule has 4 aliphatic heterocycles. The number of carbonyl (C=O) groups is 5. The number of hydrogen-bond acceptors (Lipinski definition) is 7. The molecule has 0 atom stereocenters. The van der Waals surface area contributed by atoms with Crippen molar-refractivity contribution in [2.45, 2.75) is 38.6 Å². The van der Waals surface area contributed by atoms with Crippen molar-refractivity contribution >= 4 is 69.1 Å². The first-order valence-electron chi connectivity index (χ1n) is 20.4. The molecular weight excluding hydrogens is 813 g/mol. The number of aromatic amines is 1. The van der Waals surface area contributed by atoms with Crippen LogP contribution in [0.25, 0.3) is 27.6 Å². The summed E-state index contributed by atoms with van der Waals surface area (Å²) in [4.78, 5) is 75.9. The van der Waals surface area contributed by atoms with Crippen LogP contribution in [0.5, 0.6) is 0 Å². The highest BCUT2D eigenvalue weighted by Gasteiger charge is 2.33. The molecular formula is C44H46ClF3N8O5. The molecule has 320 valence electrons. The summed E-state index contributed by atoms with van der Waals surface area (Å²) in [7, 11) is 3.12. The number of piperidine rings is 1. The predicted octanol–water partition coefficient (Wildman–Crippen LogP) is 6.12. The summed E-state index contributed by atoms with van der Waals surface area (Å²) in [5.74, 6) is -3.90. The Labute approximate surface area is 355 Å². The highest BCUT2D eigenvalue weighted by Crippen LogP contribution is 2.40. The molecule has 13 nitrogen and oxygen atoms in total. The standard InChI is InChI=1S/C44H46ClF3N8O5/c1-25(57)55-13-4-5-27(24-55)30-22-31(32-23-34(43(60)51(2)3)49-41(32)39(30)47)29-7-9-35(40(48)38(29)46)53-19-17-52(18-20-53)28-10-14-54(15-11-28)42(59)26-6-8-33(45)36(21-26)56-16-12-37(58)50-44(56)61/h5-9,21-23,28,49H,4,10-20,24H2,1-3H3,(H,50,58,61). The van der Waals surface area contributed by atoms with Gasteiger partial charge in [-0.05, 0) is 72.9 Å². The number of halogens is 4. The monoisotopic (exact) mass is 858 g/mol. The number of carbonyl (C=O) groups excluding carboxylic acids is 5. The molecule has 0 spiro atoms. The Hall–Kier alpha value is -5.87. The number of rotatable bonds is 7. The van der Waals surface area contributed by atoms with Crippen molar-refractivity contribution < 1.29 is 37.1 Å². The molecule has 4 aliphatic rings. The van der Waals surface area contributed by atoms with Gasteiger partial charge in [-0.1, -0.05) is 17.7 Å². The van der Waals surface area contributed by atoms with E-state index in [0.29, 0.717) is 74.1 Å². The number of aromatic nitrogens is 1. The summed E-state index contributed by atoms with van der Waals surface area (Å²) >= 11 is 6.39. The Bertz CT molecular complexity index is 2490. The number of piperazine rings is 1. The lowest BCUT2D eigenvalue weighted by Crippen LogP contribution is -2.54. The molecule has 3 fully saturated rings. The van der Waals surface area contributed by atoms with E-state index in [9.17, 15) is 24.0 Å². The van der Waals surface area contributed by atoms with E-state index in [4.69, 9.17) is 11.6 Å². The van der Waals surface area contributed by atoms with Crippen LogP contribution in [-0.2, 0) is 9.59 Å². The van der Waals surface area contributed by atoms with Crippen LogP contribution in [-0.4, -0.2) is 133 Å². The minimum atomic E-state index is -1.09. The van der Waals surface area contributed by atoms with Gasteiger partial charge in [0.25, 0.3) is 11.8 Å². The predicted molar refractivity (Wildman–Crippen MR) is 226 cm³/mol. The van der Waals surface area contributed by atoms with Gasteiger partial charge in [-0.25, -0.2) is 18.0 Å². The van der Waals surface area contributed by atoms with E-state index >= 15 is 13.2 Å². The average Bonchev–Trinajstić information content (AvgIpc) is 3.71. The number of H-pyrrole nitrogens is 1. The number of hydrogen-bond donors (Lipinski definition) is 2. The van der Waals surface area contributed by atoms with Gasteiger partial charge < -0.3 is 24.6 Å². The molecule has 8 rings (SSSR count). The van der Waals surface area contributed by atoms with Crippen LogP contribution in [0.2, 0.25) is 5.02 Å². The van der Waals surface area contributed by atoms with Crippen molar-refractivity contribution in [1.82, 2.24) is 29.9 Å². The van der Waals surface area contributed by atoms with E-state index in [1.807, 2.05) is 11.0 Å². The van der Waals surface area contributed by atoms with E-state index in [1.54, 1.807) is 42.1 Å². The zero-order chi connectivity index (χ0) is 43.3. The minimum Gasteiger partial charge on any atom is -0.367 e. The van der Waals surface area contributed by atoms with E-state index < -0.39 is 29.4 Å². The number of urea groups is 1. The highest BCUT2D eigenvalue weighted by molar-refractivity contribution is 6.34. The topological polar surface area (TPSA) is 133 Å². The van der Waals surface area contributed by atoms with Gasteiger partial charge in [-0.2, -0.15) is 0 Å². The molecule has 1 aromatic heterocycles. The van der Waals surface area contributed by atoms with E-state index in [1.165, 1.54) is 41.0 Å². The van der Waals surface area contributed by atoms with E-state index in [0.717, 1.165) is 12.8 Å². The first-order chi connectivity index (χ1) is 29.2. The zero-order valence-corrected chi connectivity index (χ0v) is 34.9. The number of fused-ring (bicyclic) bond motifs is 1. The molecule has 0 unspecified atom stereocenters. The van der Waals surface area contributed by atoms with Gasteiger partial charge in [0.15, 0.2) is 17.5 Å². The van der Waals surface area contributed by atoms with Crippen LogP contribution in [0.3, 0.4) is 0 Å². The fourth-order valence-corrected chi connectivity index (χ4v) is 9.08. The Balaban J connectivity index is 0.958. The SMILES string of the molecule is CC(=O)N1CCC=C(c2cc(-c3ccc(N4CCN(C5CCN(C(=O)c6ccc(Cl)c(N7CCC(=O)NC7=O)c6)CC5)CC4)c(F)c3F)c3cc(C(=O)N(C)C)[nH]c3c2F)C1. The maximum atomic E-state index is 16.4. The Morgan fingerprint density at radius 2 is 1.52 bits per heavy atom. The maximum absolute atomic E-state index is 16.4. The second-order valence-electron chi connectivity index (χ2n) is 16.1. The smallest absolute Gasteiger partial charge is 0.328 e. The van der Waals surface area contributed by atoms with Crippen molar-refractivity contribution in [3.63, 3.8) is 0 Å². The third kappa shape index (κ3) is 8.06. The second kappa shape index (κ2) is 16.9. The molecule has 61 heavy (non-hydrogen) atoms. The maximum Gasteiger partial charge on any atom is 0.328 e. The van der Waals surface area contributed by atoms with Crippen molar-refractivity contribution in [3.8, 4) is 11.1 Å². The van der Waals surface area contributed by atoms with Gasteiger partial charge in [0.2, 0.25) is 11.8 Å². The summed E-state index contributed by atoms with van der Waals surface area (Å²) in [6, 6.07) is 10.4. The molecule has 0 radical (unpaired) electrons. The van der Waals surface area contributed by atoms with Crippen LogP contribution in [0.15, 0.2) is 48.5 Å². The third-order valence-electron chi connectivity index (χ3n) is 12.2. The van der Waals surface area contributed by atoms with Crippen molar-refractivity contribution in [3.05, 3.63) is 87.8 Å². The van der Waals surface area contributed by atoms with Crippen LogP contribution >= 0.6 is 11.6 Å². The third-order valence-corrected chi connectivity index (χ3v) is 12.6. The zero-order valence-electron chi connectivity index (χ0n) is 34.1. The lowest BCUT2D eigenvalue weighted by Gasteiger charge is -2.43. The van der Waals surface area contributed by atoms with Crippen molar-refractivity contribution in [2.75, 3.05) is 82.8 Å². The molecule has 0 aliphatic carbocycles. The van der Waals surface area contributed by atoms with E-state index in [2.05, 4.69) is 15.2 Å². The number of nitrogens with zero attached hydrogens (tertiary/aromatic N) is 6. The molecule has 3 saturated heterocycles. The molecule has 4 aromatic rings. The second-order valence-corrected chi connectivity index (χ2v) is 16.6. The lowest BCUT2D eigenvalue weighted by molar-refractivity contribution is -0.128. The fourth-order valence-electron chi connectivity index (χ4n) is 8.86. The molecule has 0 saturated carbocycles. The van der Waals surface area contributed by atoms with Crippen molar-refractivity contribution in [2.24, 2.45) is 0 Å². The fraction of sp³-hybridized carbons (Fsp3) is 0.386. The molecule has 5 heterocycles. The summed E-state index contributed by atoms with van der Waals surface area (Å²) in [6.07, 6.45) is 3.91. The van der Waals surface area contributed by atoms with Crippen molar-refractivity contribution in [1.29, 1.82) is 0 Å². The van der Waals surface area contributed by atoms with Gasteiger partial charge in [0, 0.05) is 114 Å².